The fourth-order valence-electron chi connectivity index (χ4n) is 4.81. The smallest absolute Gasteiger partial charge is 0.163 e. The first-order chi connectivity index (χ1) is 11.9. The molecule has 134 valence electrons. The fraction of sp³-hybridized carbons (Fsp3) is 0.571. The highest BCUT2D eigenvalue weighted by Gasteiger charge is 2.41. The Morgan fingerprint density at radius 2 is 1.88 bits per heavy atom. The molecule has 4 nitrogen and oxygen atoms in total. The number of allylic oxidation sites excluding steroid dienone is 1. The van der Waals surface area contributed by atoms with Gasteiger partial charge in [0.1, 0.15) is 11.4 Å². The molecule has 1 aromatic carbocycles. The van der Waals surface area contributed by atoms with Crippen molar-refractivity contribution in [2.75, 3.05) is 10.6 Å². The Morgan fingerprint density at radius 3 is 2.64 bits per heavy atom. The van der Waals surface area contributed by atoms with Crippen LogP contribution in [0.15, 0.2) is 29.5 Å². The molecule has 1 heterocycles. The van der Waals surface area contributed by atoms with Crippen LogP contribution in [0.25, 0.3) is 0 Å². The van der Waals surface area contributed by atoms with Gasteiger partial charge in [-0.3, -0.25) is 4.79 Å². The van der Waals surface area contributed by atoms with Crippen LogP contribution in [0.5, 0.6) is 5.75 Å². The second-order valence-corrected chi connectivity index (χ2v) is 8.68. The number of carbonyl (C=O) groups is 1. The minimum Gasteiger partial charge on any atom is -0.506 e. The number of phenolic OH excluding ortho intramolecular Hbond substituents is 1. The lowest BCUT2D eigenvalue weighted by atomic mass is 9.71. The zero-order valence-corrected chi connectivity index (χ0v) is 15.2. The maximum absolute atomic E-state index is 13.1. The SMILES string of the molecule is CC1(C)CC(=O)C2=C(C1)Nc1c(O)cccc1NC2C1CCCCC1. The first-order valence-corrected chi connectivity index (χ1v) is 9.56. The number of anilines is 2. The monoisotopic (exact) mass is 340 g/mol. The van der Waals surface area contributed by atoms with E-state index in [0.29, 0.717) is 18.0 Å². The number of phenols is 1. The quantitative estimate of drug-likeness (QED) is 0.641. The topological polar surface area (TPSA) is 61.4 Å². The zero-order chi connectivity index (χ0) is 17.6. The molecule has 25 heavy (non-hydrogen) atoms. The predicted molar refractivity (Wildman–Crippen MR) is 101 cm³/mol. The third-order valence-electron chi connectivity index (χ3n) is 5.98. The Morgan fingerprint density at radius 1 is 1.12 bits per heavy atom. The van der Waals surface area contributed by atoms with Crippen molar-refractivity contribution in [2.45, 2.75) is 64.8 Å². The number of nitrogens with one attached hydrogen (secondary N) is 2. The van der Waals surface area contributed by atoms with Crippen molar-refractivity contribution in [3.63, 3.8) is 0 Å². The van der Waals surface area contributed by atoms with E-state index in [2.05, 4.69) is 24.5 Å². The summed E-state index contributed by atoms with van der Waals surface area (Å²) in [7, 11) is 0. The summed E-state index contributed by atoms with van der Waals surface area (Å²) in [4.78, 5) is 13.1. The lowest BCUT2D eigenvalue weighted by Crippen LogP contribution is -2.39. The van der Waals surface area contributed by atoms with Gasteiger partial charge in [-0.1, -0.05) is 39.2 Å². The van der Waals surface area contributed by atoms with E-state index in [0.717, 1.165) is 23.4 Å². The number of fused-ring (bicyclic) bond motifs is 1. The van der Waals surface area contributed by atoms with Crippen molar-refractivity contribution in [1.82, 2.24) is 0 Å². The van der Waals surface area contributed by atoms with Crippen molar-refractivity contribution >= 4 is 17.2 Å². The van der Waals surface area contributed by atoms with Gasteiger partial charge < -0.3 is 15.7 Å². The number of carbonyl (C=O) groups excluding carboxylic acids is 1. The lowest BCUT2D eigenvalue weighted by Gasteiger charge is -2.37. The van der Waals surface area contributed by atoms with E-state index in [-0.39, 0.29) is 23.0 Å². The molecule has 0 radical (unpaired) electrons. The van der Waals surface area contributed by atoms with E-state index in [4.69, 9.17) is 0 Å². The van der Waals surface area contributed by atoms with Crippen molar-refractivity contribution in [1.29, 1.82) is 0 Å². The van der Waals surface area contributed by atoms with Crippen LogP contribution in [0.4, 0.5) is 11.4 Å². The summed E-state index contributed by atoms with van der Waals surface area (Å²) >= 11 is 0. The van der Waals surface area contributed by atoms with E-state index >= 15 is 0 Å². The van der Waals surface area contributed by atoms with E-state index < -0.39 is 0 Å². The Kier molecular flexibility index (Phi) is 4.01. The van der Waals surface area contributed by atoms with E-state index in [1.165, 1.54) is 32.1 Å². The summed E-state index contributed by atoms with van der Waals surface area (Å²) in [5.74, 6) is 0.977. The average Bonchev–Trinajstić information content (AvgIpc) is 2.72. The van der Waals surface area contributed by atoms with Crippen LogP contribution >= 0.6 is 0 Å². The van der Waals surface area contributed by atoms with Crippen molar-refractivity contribution in [2.24, 2.45) is 11.3 Å². The molecule has 0 spiro atoms. The Balaban J connectivity index is 1.82. The van der Waals surface area contributed by atoms with Gasteiger partial charge in [0.05, 0.1) is 11.7 Å². The number of para-hydroxylation sites is 1. The number of benzene rings is 1. The van der Waals surface area contributed by atoms with Gasteiger partial charge in [0, 0.05) is 17.7 Å². The Bertz CT molecular complexity index is 729. The number of aromatic hydroxyl groups is 1. The number of hydrogen-bond acceptors (Lipinski definition) is 4. The Labute approximate surface area is 149 Å². The van der Waals surface area contributed by atoms with Crippen LogP contribution in [0.3, 0.4) is 0 Å². The molecule has 4 rings (SSSR count). The average molecular weight is 340 g/mol. The van der Waals surface area contributed by atoms with E-state index in [1.807, 2.05) is 12.1 Å². The molecule has 1 unspecified atom stereocenters. The number of ketones is 1. The third kappa shape index (κ3) is 3.03. The molecule has 1 aliphatic heterocycles. The fourth-order valence-corrected chi connectivity index (χ4v) is 4.81. The molecule has 3 N–H and O–H groups in total. The van der Waals surface area contributed by atoms with Gasteiger partial charge in [0.15, 0.2) is 5.78 Å². The highest BCUT2D eigenvalue weighted by molar-refractivity contribution is 6.01. The molecule has 0 aromatic heterocycles. The van der Waals surface area contributed by atoms with Crippen LogP contribution < -0.4 is 10.6 Å². The molecule has 0 saturated heterocycles. The maximum atomic E-state index is 13.1. The van der Waals surface area contributed by atoms with Crippen molar-refractivity contribution in [3.05, 3.63) is 29.5 Å². The highest BCUT2D eigenvalue weighted by Crippen LogP contribution is 2.46. The van der Waals surface area contributed by atoms with Gasteiger partial charge in [-0.2, -0.15) is 0 Å². The van der Waals surface area contributed by atoms with Crippen LogP contribution in [0, 0.1) is 11.3 Å². The first-order valence-electron chi connectivity index (χ1n) is 9.56. The summed E-state index contributed by atoms with van der Waals surface area (Å²) < 4.78 is 0. The lowest BCUT2D eigenvalue weighted by molar-refractivity contribution is -0.118. The van der Waals surface area contributed by atoms with Gasteiger partial charge in [0.2, 0.25) is 0 Å². The van der Waals surface area contributed by atoms with Gasteiger partial charge in [-0.25, -0.2) is 0 Å². The minimum atomic E-state index is -0.0467. The molecule has 1 atom stereocenters. The van der Waals surface area contributed by atoms with Gasteiger partial charge in [0.25, 0.3) is 0 Å². The summed E-state index contributed by atoms with van der Waals surface area (Å²) in [5.41, 5.74) is 3.50. The summed E-state index contributed by atoms with van der Waals surface area (Å²) in [6, 6.07) is 5.60. The van der Waals surface area contributed by atoms with Gasteiger partial charge in [-0.15, -0.1) is 0 Å². The van der Waals surface area contributed by atoms with Crippen LogP contribution in [-0.2, 0) is 4.79 Å². The Hall–Kier alpha value is -1.97. The summed E-state index contributed by atoms with van der Waals surface area (Å²) in [5, 5.41) is 17.4. The minimum absolute atomic E-state index is 0.0467. The van der Waals surface area contributed by atoms with E-state index in [1.54, 1.807) is 6.07 Å². The molecule has 0 amide bonds. The third-order valence-corrected chi connectivity index (χ3v) is 5.98. The van der Waals surface area contributed by atoms with Crippen LogP contribution in [0.1, 0.15) is 58.8 Å². The molecule has 0 bridgehead atoms. The summed E-state index contributed by atoms with van der Waals surface area (Å²) in [6.45, 7) is 4.30. The second kappa shape index (κ2) is 6.08. The molecule has 4 heteroatoms. The molecule has 3 aliphatic rings. The number of rotatable bonds is 1. The molecule has 1 aromatic rings. The van der Waals surface area contributed by atoms with Gasteiger partial charge >= 0.3 is 0 Å². The van der Waals surface area contributed by atoms with Gasteiger partial charge in [-0.05, 0) is 42.7 Å². The number of hydrogen-bond donors (Lipinski definition) is 3. The molecule has 1 saturated carbocycles. The summed E-state index contributed by atoms with van der Waals surface area (Å²) in [6.07, 6.45) is 7.55. The number of Topliss-reactive ketones (excluding diaryl/α,β-unsaturated/α-hetero) is 1. The van der Waals surface area contributed by atoms with Crippen molar-refractivity contribution < 1.29 is 9.90 Å². The maximum Gasteiger partial charge on any atom is 0.163 e. The standard InChI is InChI=1S/C21H28N2O2/c1-21(2)11-15-18(17(25)12-21)19(13-7-4-3-5-8-13)22-14-9-6-10-16(24)20(14)23-15/h6,9-10,13,19,22-24H,3-5,7-8,11-12H2,1-2H3. The molecule has 2 aliphatic carbocycles. The van der Waals surface area contributed by atoms with Crippen LogP contribution in [0.2, 0.25) is 0 Å². The van der Waals surface area contributed by atoms with Crippen LogP contribution in [-0.4, -0.2) is 16.9 Å². The normalized spacial score (nSPS) is 26.2. The highest BCUT2D eigenvalue weighted by atomic mass is 16.3. The second-order valence-electron chi connectivity index (χ2n) is 8.68. The molecular weight excluding hydrogens is 312 g/mol. The first kappa shape index (κ1) is 16.5. The molecule has 1 fully saturated rings. The zero-order valence-electron chi connectivity index (χ0n) is 15.2. The van der Waals surface area contributed by atoms with Crippen molar-refractivity contribution in [3.8, 4) is 5.75 Å². The largest absolute Gasteiger partial charge is 0.506 e. The molecular formula is C21H28N2O2. The predicted octanol–water partition coefficient (Wildman–Crippen LogP) is 4.82. The van der Waals surface area contributed by atoms with E-state index in [9.17, 15) is 9.90 Å².